The number of aldehydes is 1. The lowest BCUT2D eigenvalue weighted by molar-refractivity contribution is -0.150. The van der Waals surface area contributed by atoms with Gasteiger partial charge < -0.3 is 19.3 Å². The molecule has 1 heterocycles. The van der Waals surface area contributed by atoms with Gasteiger partial charge in [0.15, 0.2) is 6.10 Å². The van der Waals surface area contributed by atoms with Crippen molar-refractivity contribution in [2.75, 3.05) is 6.61 Å². The molecule has 1 aliphatic heterocycles. The first-order valence-electron chi connectivity index (χ1n) is 9.08. The summed E-state index contributed by atoms with van der Waals surface area (Å²) in [5.74, 6) is -2.91. The molecule has 1 saturated heterocycles. The second-order valence-electron chi connectivity index (χ2n) is 6.98. The monoisotopic (exact) mass is 404 g/mol. The number of esters is 3. The number of carbonyl (C=O) groups excluding carboxylic acids is 4. The molecule has 0 unspecified atom stereocenters. The highest BCUT2D eigenvalue weighted by molar-refractivity contribution is 5.91. The smallest absolute Gasteiger partial charge is 0.334 e. The van der Waals surface area contributed by atoms with Crippen molar-refractivity contribution in [2.45, 2.75) is 45.0 Å². The Balaban J connectivity index is 2.46. The highest BCUT2D eigenvalue weighted by Crippen LogP contribution is 2.35. The molecule has 1 N–H and O–H groups in total. The number of hydrogen-bond acceptors (Lipinski definition) is 8. The van der Waals surface area contributed by atoms with E-state index in [1.165, 1.54) is 19.9 Å². The molecule has 2 aliphatic rings. The molecule has 1 aliphatic carbocycles. The topological polar surface area (TPSA) is 116 Å². The lowest BCUT2D eigenvalue weighted by Gasteiger charge is -2.30. The lowest BCUT2D eigenvalue weighted by Crippen LogP contribution is -2.42. The Hall–Kier alpha value is -3.00. The SMILES string of the molecule is C=C(C)C(=O)O[C@H]1/C(C=O)=C/CC/C(COC(C)=O)=C/[C@H]2OC(=O)C(=C)[C@@H]2[C@@H]1O. The number of fused-ring (bicyclic) bond motifs is 1. The molecule has 0 aromatic rings. The summed E-state index contributed by atoms with van der Waals surface area (Å²) in [6, 6.07) is 0. The van der Waals surface area contributed by atoms with Crippen molar-refractivity contribution in [1.29, 1.82) is 0 Å². The van der Waals surface area contributed by atoms with Gasteiger partial charge in [-0.3, -0.25) is 9.59 Å². The van der Waals surface area contributed by atoms with Crippen LogP contribution in [-0.4, -0.2) is 54.2 Å². The molecular weight excluding hydrogens is 380 g/mol. The van der Waals surface area contributed by atoms with Crippen LogP contribution in [0.3, 0.4) is 0 Å². The van der Waals surface area contributed by atoms with Gasteiger partial charge >= 0.3 is 17.9 Å². The van der Waals surface area contributed by atoms with E-state index in [9.17, 15) is 24.3 Å². The second kappa shape index (κ2) is 9.47. The van der Waals surface area contributed by atoms with E-state index in [-0.39, 0.29) is 23.3 Å². The Morgan fingerprint density at radius 1 is 1.38 bits per heavy atom. The summed E-state index contributed by atoms with van der Waals surface area (Å²) in [7, 11) is 0. The van der Waals surface area contributed by atoms with Gasteiger partial charge in [0, 0.05) is 23.6 Å². The summed E-state index contributed by atoms with van der Waals surface area (Å²) in [6.45, 7) is 9.87. The molecule has 1 fully saturated rings. The van der Waals surface area contributed by atoms with Gasteiger partial charge in [-0.15, -0.1) is 0 Å². The van der Waals surface area contributed by atoms with Crippen molar-refractivity contribution in [3.63, 3.8) is 0 Å². The third-order valence-corrected chi connectivity index (χ3v) is 4.69. The van der Waals surface area contributed by atoms with E-state index in [2.05, 4.69) is 13.2 Å². The minimum atomic E-state index is -1.47. The summed E-state index contributed by atoms with van der Waals surface area (Å²) in [5, 5.41) is 11.0. The summed E-state index contributed by atoms with van der Waals surface area (Å²) in [5.41, 5.74) is 0.792. The zero-order chi connectivity index (χ0) is 21.7. The third kappa shape index (κ3) is 5.29. The highest BCUT2D eigenvalue weighted by atomic mass is 16.6. The molecular formula is C21H24O8. The number of ether oxygens (including phenoxy) is 3. The number of allylic oxidation sites excluding steroid dienone is 1. The predicted octanol–water partition coefficient (Wildman–Crippen LogP) is 1.34. The Morgan fingerprint density at radius 2 is 2.07 bits per heavy atom. The Bertz CT molecular complexity index is 803. The fourth-order valence-electron chi connectivity index (χ4n) is 3.17. The molecule has 8 nitrogen and oxygen atoms in total. The number of aliphatic hydroxyl groups is 1. The summed E-state index contributed by atoms with van der Waals surface area (Å²) in [4.78, 5) is 47.0. The van der Waals surface area contributed by atoms with E-state index < -0.39 is 42.1 Å². The van der Waals surface area contributed by atoms with Crippen molar-refractivity contribution in [3.8, 4) is 0 Å². The van der Waals surface area contributed by atoms with Crippen LogP contribution < -0.4 is 0 Å². The second-order valence-corrected chi connectivity index (χ2v) is 6.98. The summed E-state index contributed by atoms with van der Waals surface area (Å²) in [6.07, 6.45) is 0.677. The fraction of sp³-hybridized carbons (Fsp3) is 0.429. The molecule has 0 amide bonds. The predicted molar refractivity (Wildman–Crippen MR) is 101 cm³/mol. The maximum absolute atomic E-state index is 12.1. The number of hydrogen-bond donors (Lipinski definition) is 1. The van der Waals surface area contributed by atoms with Gasteiger partial charge in [0.05, 0.1) is 5.92 Å². The standard InChI is InChI=1S/C21H24O8/c1-11(2)20(25)29-19-15(9-22)7-5-6-14(10-27-13(4)23)8-16-17(18(19)24)12(3)21(26)28-16/h7-9,16-19,24H,1,3,5-6,10H2,2,4H3/b14-8-,15-7+/t16-,17+,18+,19+/m1/s1. The van der Waals surface area contributed by atoms with E-state index in [1.54, 1.807) is 6.08 Å². The first-order valence-corrected chi connectivity index (χ1v) is 9.08. The molecule has 0 aromatic carbocycles. The zero-order valence-corrected chi connectivity index (χ0v) is 16.4. The van der Waals surface area contributed by atoms with Gasteiger partial charge in [-0.25, -0.2) is 9.59 Å². The van der Waals surface area contributed by atoms with Crippen LogP contribution in [0, 0.1) is 5.92 Å². The van der Waals surface area contributed by atoms with E-state index >= 15 is 0 Å². The van der Waals surface area contributed by atoms with E-state index in [4.69, 9.17) is 14.2 Å². The average Bonchev–Trinajstić information content (AvgIpc) is 2.93. The molecule has 0 radical (unpaired) electrons. The first kappa shape index (κ1) is 22.3. The first-order chi connectivity index (χ1) is 13.6. The maximum atomic E-state index is 12.1. The van der Waals surface area contributed by atoms with Crippen LogP contribution in [0.15, 0.2) is 47.6 Å². The molecule has 4 atom stereocenters. The van der Waals surface area contributed by atoms with Gasteiger partial charge in [-0.05, 0) is 31.4 Å². The van der Waals surface area contributed by atoms with Gasteiger partial charge in [-0.1, -0.05) is 19.2 Å². The van der Waals surface area contributed by atoms with Gasteiger partial charge in [-0.2, -0.15) is 0 Å². The summed E-state index contributed by atoms with van der Waals surface area (Å²) >= 11 is 0. The largest absolute Gasteiger partial charge is 0.461 e. The molecule has 156 valence electrons. The van der Waals surface area contributed by atoms with Crippen molar-refractivity contribution < 1.29 is 38.5 Å². The molecule has 0 spiro atoms. The van der Waals surface area contributed by atoms with Crippen molar-refractivity contribution in [1.82, 2.24) is 0 Å². The van der Waals surface area contributed by atoms with Gasteiger partial charge in [0.1, 0.15) is 25.1 Å². The third-order valence-electron chi connectivity index (χ3n) is 4.69. The van der Waals surface area contributed by atoms with Crippen LogP contribution in [0.4, 0.5) is 0 Å². The van der Waals surface area contributed by atoms with Crippen molar-refractivity contribution in [3.05, 3.63) is 47.6 Å². The van der Waals surface area contributed by atoms with Gasteiger partial charge in [0.25, 0.3) is 0 Å². The van der Waals surface area contributed by atoms with E-state index in [0.717, 1.165) is 0 Å². The van der Waals surface area contributed by atoms with Gasteiger partial charge in [0.2, 0.25) is 0 Å². The normalized spacial score (nSPS) is 30.6. The van der Waals surface area contributed by atoms with Crippen LogP contribution in [0.2, 0.25) is 0 Å². The maximum Gasteiger partial charge on any atom is 0.334 e. The molecule has 0 aromatic heterocycles. The minimum absolute atomic E-state index is 0.00668. The minimum Gasteiger partial charge on any atom is -0.461 e. The van der Waals surface area contributed by atoms with E-state index in [1.807, 2.05) is 0 Å². The van der Waals surface area contributed by atoms with Crippen LogP contribution in [0.5, 0.6) is 0 Å². The number of rotatable bonds is 5. The molecule has 0 saturated carbocycles. The fourth-order valence-corrected chi connectivity index (χ4v) is 3.17. The van der Waals surface area contributed by atoms with Crippen LogP contribution in [0.1, 0.15) is 26.7 Å². The molecule has 8 heteroatoms. The van der Waals surface area contributed by atoms with Crippen LogP contribution in [-0.2, 0) is 33.4 Å². The number of carbonyl (C=O) groups is 4. The molecule has 29 heavy (non-hydrogen) atoms. The van der Waals surface area contributed by atoms with Crippen molar-refractivity contribution >= 4 is 24.2 Å². The van der Waals surface area contributed by atoms with Crippen molar-refractivity contribution in [2.24, 2.45) is 5.92 Å². The van der Waals surface area contributed by atoms with E-state index in [0.29, 0.717) is 24.7 Å². The zero-order valence-electron chi connectivity index (χ0n) is 16.4. The molecule has 0 bridgehead atoms. The quantitative estimate of drug-likeness (QED) is 0.240. The lowest BCUT2D eigenvalue weighted by atomic mass is 9.84. The van der Waals surface area contributed by atoms with Crippen LogP contribution in [0.25, 0.3) is 0 Å². The molecule has 2 rings (SSSR count). The number of aliphatic hydroxyl groups excluding tert-OH is 1. The van der Waals surface area contributed by atoms with Crippen LogP contribution >= 0.6 is 0 Å². The Labute approximate surface area is 168 Å². The Kier molecular flexibility index (Phi) is 7.28. The highest BCUT2D eigenvalue weighted by Gasteiger charge is 2.46. The Morgan fingerprint density at radius 3 is 2.66 bits per heavy atom. The average molecular weight is 404 g/mol. The summed E-state index contributed by atoms with van der Waals surface area (Å²) < 4.78 is 15.6.